The van der Waals surface area contributed by atoms with Gasteiger partial charge in [0.25, 0.3) is 5.91 Å². The van der Waals surface area contributed by atoms with E-state index in [2.05, 4.69) is 10.6 Å². The smallest absolute Gasteiger partial charge is 0.303 e. The highest BCUT2D eigenvalue weighted by Gasteiger charge is 2.43. The second-order valence-corrected chi connectivity index (χ2v) is 10.2. The summed E-state index contributed by atoms with van der Waals surface area (Å²) in [5.41, 5.74) is 1.74. The first-order valence-corrected chi connectivity index (χ1v) is 11.8. The molecule has 188 valence electrons. The highest BCUT2D eigenvalue weighted by Crippen LogP contribution is 2.38. The van der Waals surface area contributed by atoms with Gasteiger partial charge in [0, 0.05) is 19.0 Å². The molecule has 36 heavy (non-hydrogen) atoms. The van der Waals surface area contributed by atoms with Gasteiger partial charge in [-0.25, -0.2) is 0 Å². The number of ether oxygens (including phenoxy) is 2. The molecule has 0 bridgehead atoms. The van der Waals surface area contributed by atoms with E-state index in [-0.39, 0.29) is 50.3 Å². The average molecular weight is 494 g/mol. The van der Waals surface area contributed by atoms with E-state index in [0.29, 0.717) is 22.7 Å². The number of nitrogens with one attached hydrogen (secondary N) is 2. The molecule has 5 rings (SSSR count). The fourth-order valence-electron chi connectivity index (χ4n) is 5.06. The lowest BCUT2D eigenvalue weighted by molar-refractivity contribution is -0.139. The Kier molecular flexibility index (Phi) is 5.82. The Balaban J connectivity index is 1.33. The molecule has 10 nitrogen and oxygen atoms in total. The van der Waals surface area contributed by atoms with E-state index in [1.807, 2.05) is 24.3 Å². The summed E-state index contributed by atoms with van der Waals surface area (Å²) >= 11 is 0. The summed E-state index contributed by atoms with van der Waals surface area (Å²) in [6, 6.07) is 9.73. The minimum Gasteiger partial charge on any atom is -0.481 e. The summed E-state index contributed by atoms with van der Waals surface area (Å²) in [5, 5.41) is 14.8. The molecule has 2 atom stereocenters. The maximum Gasteiger partial charge on any atom is 0.303 e. The number of aliphatic carboxylic acids is 1. The molecule has 3 heterocycles. The average Bonchev–Trinajstić information content (AvgIpc) is 3.42. The molecule has 0 unspecified atom stereocenters. The highest BCUT2D eigenvalue weighted by atomic mass is 16.7. The fraction of sp³-hybridized carbons (Fsp3) is 0.385. The number of rotatable bonds is 6. The van der Waals surface area contributed by atoms with Crippen molar-refractivity contribution in [3.8, 4) is 22.6 Å². The van der Waals surface area contributed by atoms with Gasteiger partial charge in [-0.15, -0.1) is 0 Å². The standard InChI is InChI=1S/C26H27N3O7/c1-26(2,11-23(31)32)10-22(30)27-16-9-19-24(33)28-18-5-3-14(7-17(18)25(34)29(19)12-16)15-4-6-20-21(8-15)36-13-35-20/h3-8,16,19H,9-13H2,1-2H3,(H,27,30)(H,28,33)(H,31,32)/t16-,19-/m0/s1. The van der Waals surface area contributed by atoms with Gasteiger partial charge in [-0.05, 0) is 47.2 Å². The van der Waals surface area contributed by atoms with Crippen LogP contribution in [0.1, 0.15) is 43.5 Å². The van der Waals surface area contributed by atoms with Crippen molar-refractivity contribution in [3.63, 3.8) is 0 Å². The van der Waals surface area contributed by atoms with Crippen molar-refractivity contribution in [1.29, 1.82) is 0 Å². The van der Waals surface area contributed by atoms with Gasteiger partial charge in [0.05, 0.1) is 17.7 Å². The monoisotopic (exact) mass is 493 g/mol. The third-order valence-corrected chi connectivity index (χ3v) is 6.71. The molecule has 1 fully saturated rings. The van der Waals surface area contributed by atoms with Crippen molar-refractivity contribution >= 4 is 29.4 Å². The Morgan fingerprint density at radius 2 is 1.81 bits per heavy atom. The van der Waals surface area contributed by atoms with E-state index in [4.69, 9.17) is 14.6 Å². The number of amides is 3. The third-order valence-electron chi connectivity index (χ3n) is 6.71. The first kappa shape index (κ1) is 23.7. The Bertz CT molecular complexity index is 1270. The van der Waals surface area contributed by atoms with Crippen molar-refractivity contribution in [2.45, 2.75) is 45.2 Å². The Labute approximate surface area is 207 Å². The molecule has 0 aromatic heterocycles. The number of nitrogens with zero attached hydrogens (tertiary/aromatic N) is 1. The predicted molar refractivity (Wildman–Crippen MR) is 129 cm³/mol. The number of fused-ring (bicyclic) bond motifs is 3. The number of carboxylic acids is 1. The Hall–Kier alpha value is -4.08. The molecule has 1 saturated heterocycles. The molecule has 0 saturated carbocycles. The van der Waals surface area contributed by atoms with Gasteiger partial charge in [-0.1, -0.05) is 26.0 Å². The molecule has 0 radical (unpaired) electrons. The maximum atomic E-state index is 13.5. The molecule has 3 amide bonds. The summed E-state index contributed by atoms with van der Waals surface area (Å²) < 4.78 is 10.8. The molecule has 3 aliphatic rings. The molecule has 3 N–H and O–H groups in total. The number of hydrogen-bond acceptors (Lipinski definition) is 6. The first-order valence-electron chi connectivity index (χ1n) is 11.8. The Morgan fingerprint density at radius 3 is 2.58 bits per heavy atom. The summed E-state index contributed by atoms with van der Waals surface area (Å²) in [7, 11) is 0. The van der Waals surface area contributed by atoms with Crippen molar-refractivity contribution in [2.24, 2.45) is 5.41 Å². The summed E-state index contributed by atoms with van der Waals surface area (Å²) in [4.78, 5) is 51.6. The van der Waals surface area contributed by atoms with E-state index < -0.39 is 23.5 Å². The van der Waals surface area contributed by atoms with Crippen molar-refractivity contribution in [3.05, 3.63) is 42.0 Å². The number of carboxylic acid groups (broad SMARTS) is 1. The highest BCUT2D eigenvalue weighted by molar-refractivity contribution is 6.11. The van der Waals surface area contributed by atoms with Crippen LogP contribution < -0.4 is 20.1 Å². The van der Waals surface area contributed by atoms with Gasteiger partial charge >= 0.3 is 5.97 Å². The van der Waals surface area contributed by atoms with Crippen LogP contribution in [0.5, 0.6) is 11.5 Å². The van der Waals surface area contributed by atoms with Crippen LogP contribution in [0.15, 0.2) is 36.4 Å². The van der Waals surface area contributed by atoms with Crippen molar-refractivity contribution < 1.29 is 33.8 Å². The van der Waals surface area contributed by atoms with Gasteiger partial charge in [0.1, 0.15) is 6.04 Å². The van der Waals surface area contributed by atoms with Crippen LogP contribution in [0.4, 0.5) is 5.69 Å². The predicted octanol–water partition coefficient (Wildman–Crippen LogP) is 2.62. The lowest BCUT2D eigenvalue weighted by atomic mass is 9.85. The van der Waals surface area contributed by atoms with Gasteiger partial charge < -0.3 is 30.1 Å². The van der Waals surface area contributed by atoms with E-state index >= 15 is 0 Å². The van der Waals surface area contributed by atoms with Gasteiger partial charge in [0.15, 0.2) is 11.5 Å². The zero-order valence-electron chi connectivity index (χ0n) is 20.0. The van der Waals surface area contributed by atoms with Crippen molar-refractivity contribution in [1.82, 2.24) is 10.2 Å². The van der Waals surface area contributed by atoms with Crippen LogP contribution >= 0.6 is 0 Å². The SMILES string of the molecule is CC(C)(CC(=O)O)CC(=O)N[C@H]1C[C@H]2C(=O)Nc3ccc(-c4ccc5c(c4)OCO5)cc3C(=O)N2C1. The largest absolute Gasteiger partial charge is 0.481 e. The second kappa shape index (κ2) is 8.85. The molecule has 0 spiro atoms. The van der Waals surface area contributed by atoms with E-state index in [1.165, 1.54) is 4.90 Å². The zero-order valence-corrected chi connectivity index (χ0v) is 20.0. The minimum atomic E-state index is -0.969. The van der Waals surface area contributed by atoms with Crippen LogP contribution in [-0.2, 0) is 14.4 Å². The van der Waals surface area contributed by atoms with Crippen molar-refractivity contribution in [2.75, 3.05) is 18.7 Å². The van der Waals surface area contributed by atoms with Crippen LogP contribution in [-0.4, -0.2) is 59.1 Å². The first-order chi connectivity index (χ1) is 17.1. The molecule has 2 aromatic rings. The number of carbonyl (C=O) groups is 4. The van der Waals surface area contributed by atoms with E-state index in [9.17, 15) is 19.2 Å². The van der Waals surface area contributed by atoms with Crippen LogP contribution in [0, 0.1) is 5.41 Å². The van der Waals surface area contributed by atoms with Crippen LogP contribution in [0.25, 0.3) is 11.1 Å². The molecule has 10 heteroatoms. The summed E-state index contributed by atoms with van der Waals surface area (Å²) in [6.07, 6.45) is 0.178. The number of carbonyl (C=O) groups excluding carboxylic acids is 3. The molecular weight excluding hydrogens is 466 g/mol. The lowest BCUT2D eigenvalue weighted by Gasteiger charge is -2.23. The number of hydrogen-bond donors (Lipinski definition) is 3. The normalized spacial score (nSPS) is 20.3. The maximum absolute atomic E-state index is 13.5. The molecule has 0 aliphatic carbocycles. The topological polar surface area (TPSA) is 134 Å². The van der Waals surface area contributed by atoms with Gasteiger partial charge in [-0.3, -0.25) is 19.2 Å². The minimum absolute atomic E-state index is 0.0301. The molecule has 2 aromatic carbocycles. The van der Waals surface area contributed by atoms with Crippen LogP contribution in [0.2, 0.25) is 0 Å². The van der Waals surface area contributed by atoms with E-state index in [1.54, 1.807) is 26.0 Å². The van der Waals surface area contributed by atoms with Gasteiger partial charge in [0.2, 0.25) is 18.6 Å². The van der Waals surface area contributed by atoms with Gasteiger partial charge in [-0.2, -0.15) is 0 Å². The summed E-state index contributed by atoms with van der Waals surface area (Å²) in [6.45, 7) is 3.79. The zero-order chi connectivity index (χ0) is 25.6. The van der Waals surface area contributed by atoms with Crippen LogP contribution in [0.3, 0.4) is 0 Å². The molecule has 3 aliphatic heterocycles. The number of anilines is 1. The number of benzene rings is 2. The fourth-order valence-corrected chi connectivity index (χ4v) is 5.06. The third kappa shape index (κ3) is 4.58. The lowest BCUT2D eigenvalue weighted by Crippen LogP contribution is -2.41. The second-order valence-electron chi connectivity index (χ2n) is 10.2. The quantitative estimate of drug-likeness (QED) is 0.563. The summed E-state index contributed by atoms with van der Waals surface area (Å²) in [5.74, 6) is -0.576. The Morgan fingerprint density at radius 1 is 1.08 bits per heavy atom. The molecular formula is C26H27N3O7. The van der Waals surface area contributed by atoms with E-state index in [0.717, 1.165) is 11.1 Å².